The molecule has 0 unspecified atom stereocenters. The molecule has 0 N–H and O–H groups in total. The first-order valence-corrected chi connectivity index (χ1v) is 6.62. The zero-order valence-electron chi connectivity index (χ0n) is 10.5. The summed E-state index contributed by atoms with van der Waals surface area (Å²) in [5, 5.41) is 0.412. The van der Waals surface area contributed by atoms with E-state index in [1.165, 1.54) is 0 Å². The normalized spacial score (nSPS) is 16.6. The van der Waals surface area contributed by atoms with Crippen molar-refractivity contribution in [3.8, 4) is 0 Å². The number of ketones is 1. The molecule has 1 aliphatic rings. The zero-order chi connectivity index (χ0) is 14.1. The van der Waals surface area contributed by atoms with Gasteiger partial charge in [-0.3, -0.25) is 4.79 Å². The molecular weight excluding hydrogens is 276 g/mol. The quantitative estimate of drug-likeness (QED) is 0.636. The lowest BCUT2D eigenvalue weighted by Crippen LogP contribution is -2.08. The Balaban J connectivity index is 1.85. The molecule has 3 rings (SSSR count). The zero-order valence-corrected chi connectivity index (χ0v) is 11.3. The van der Waals surface area contributed by atoms with Gasteiger partial charge in [-0.1, -0.05) is 41.9 Å². The number of hydrogen-bond acceptors (Lipinski definition) is 3. The van der Waals surface area contributed by atoms with Crippen LogP contribution in [0.5, 0.6) is 0 Å². The van der Waals surface area contributed by atoms with Crippen LogP contribution in [0.4, 0.5) is 0 Å². The van der Waals surface area contributed by atoms with Crippen molar-refractivity contribution in [3.63, 3.8) is 0 Å². The largest absolute Gasteiger partial charge is 0.453 e. The van der Waals surface area contributed by atoms with Crippen molar-refractivity contribution >= 4 is 23.4 Å². The number of cyclic esters (lactones) is 1. The number of fused-ring (bicyclic) bond motifs is 1. The number of rotatable bonds is 3. The molecule has 4 heteroatoms. The van der Waals surface area contributed by atoms with E-state index in [1.807, 2.05) is 12.1 Å². The highest BCUT2D eigenvalue weighted by Crippen LogP contribution is 2.34. The molecule has 0 aliphatic carbocycles. The number of esters is 1. The van der Waals surface area contributed by atoms with Crippen LogP contribution in [0, 0.1) is 0 Å². The molecule has 0 spiro atoms. The van der Waals surface area contributed by atoms with Gasteiger partial charge in [-0.05, 0) is 18.2 Å². The molecule has 100 valence electrons. The predicted molar refractivity (Wildman–Crippen MR) is 75.0 cm³/mol. The summed E-state index contributed by atoms with van der Waals surface area (Å²) in [6.45, 7) is 0. The van der Waals surface area contributed by atoms with Gasteiger partial charge in [0.05, 0.1) is 17.0 Å². The third-order valence-corrected chi connectivity index (χ3v) is 3.65. The smallest absolute Gasteiger partial charge is 0.339 e. The Morgan fingerprint density at radius 1 is 1.10 bits per heavy atom. The molecule has 1 aliphatic heterocycles. The lowest BCUT2D eigenvalue weighted by molar-refractivity contribution is 0.0367. The van der Waals surface area contributed by atoms with E-state index in [0.717, 1.165) is 5.56 Å². The lowest BCUT2D eigenvalue weighted by atomic mass is 9.98. The Hall–Kier alpha value is -2.13. The monoisotopic (exact) mass is 286 g/mol. The van der Waals surface area contributed by atoms with Crippen molar-refractivity contribution in [2.75, 3.05) is 0 Å². The molecule has 1 atom stereocenters. The number of ether oxygens (including phenoxy) is 1. The van der Waals surface area contributed by atoms with Gasteiger partial charge in [0.25, 0.3) is 0 Å². The summed E-state index contributed by atoms with van der Waals surface area (Å²) in [4.78, 5) is 24.0. The van der Waals surface area contributed by atoms with Crippen molar-refractivity contribution in [1.29, 1.82) is 0 Å². The van der Waals surface area contributed by atoms with Crippen molar-refractivity contribution in [2.45, 2.75) is 12.5 Å². The van der Waals surface area contributed by atoms with Crippen LogP contribution in [-0.2, 0) is 4.74 Å². The van der Waals surface area contributed by atoms with Gasteiger partial charge in [-0.15, -0.1) is 0 Å². The van der Waals surface area contributed by atoms with Crippen LogP contribution in [0.1, 0.15) is 38.8 Å². The van der Waals surface area contributed by atoms with E-state index in [0.29, 0.717) is 16.1 Å². The maximum atomic E-state index is 12.3. The number of Topliss-reactive ketones (excluding diaryl/α,β-unsaturated/α-hetero) is 1. The number of carbonyl (C=O) groups excluding carboxylic acids is 2. The van der Waals surface area contributed by atoms with Crippen molar-refractivity contribution in [3.05, 3.63) is 70.2 Å². The minimum Gasteiger partial charge on any atom is -0.453 e. The number of halogens is 1. The first-order valence-electron chi connectivity index (χ1n) is 6.24. The molecule has 0 amide bonds. The second-order valence-corrected chi connectivity index (χ2v) is 5.00. The standard InChI is InChI=1S/C16H11ClO3/c17-13-8-4-3-7-12(13)14(18)9-15-10-5-1-2-6-11(10)16(19)20-15/h1-8,15H,9H2/t15-/m0/s1. The van der Waals surface area contributed by atoms with E-state index in [4.69, 9.17) is 16.3 Å². The van der Waals surface area contributed by atoms with Crippen molar-refractivity contribution < 1.29 is 14.3 Å². The fraction of sp³-hybridized carbons (Fsp3) is 0.125. The van der Waals surface area contributed by atoms with E-state index in [-0.39, 0.29) is 18.2 Å². The Labute approximate surface area is 121 Å². The fourth-order valence-electron chi connectivity index (χ4n) is 2.34. The molecule has 0 saturated heterocycles. The highest BCUT2D eigenvalue weighted by Gasteiger charge is 2.32. The van der Waals surface area contributed by atoms with Crippen molar-refractivity contribution in [2.24, 2.45) is 0 Å². The van der Waals surface area contributed by atoms with Gasteiger partial charge < -0.3 is 4.74 Å². The summed E-state index contributed by atoms with van der Waals surface area (Å²) in [5.74, 6) is -0.511. The van der Waals surface area contributed by atoms with Crippen LogP contribution in [-0.4, -0.2) is 11.8 Å². The summed E-state index contributed by atoms with van der Waals surface area (Å²) in [6.07, 6.45) is -0.422. The van der Waals surface area contributed by atoms with Crippen LogP contribution in [0.2, 0.25) is 5.02 Å². The van der Waals surface area contributed by atoms with Crippen LogP contribution in [0.25, 0.3) is 0 Å². The molecule has 0 radical (unpaired) electrons. The van der Waals surface area contributed by atoms with E-state index in [9.17, 15) is 9.59 Å². The topological polar surface area (TPSA) is 43.4 Å². The van der Waals surface area contributed by atoms with Crippen LogP contribution < -0.4 is 0 Å². The van der Waals surface area contributed by atoms with E-state index in [1.54, 1.807) is 36.4 Å². The minimum absolute atomic E-state index is 0.104. The van der Waals surface area contributed by atoms with Crippen LogP contribution in [0.3, 0.4) is 0 Å². The molecule has 2 aromatic carbocycles. The first-order chi connectivity index (χ1) is 9.66. The third-order valence-electron chi connectivity index (χ3n) is 3.32. The number of carbonyl (C=O) groups is 2. The Bertz CT molecular complexity index is 694. The summed E-state index contributed by atoms with van der Waals surface area (Å²) < 4.78 is 5.26. The Morgan fingerprint density at radius 2 is 1.80 bits per heavy atom. The molecule has 0 saturated carbocycles. The average Bonchev–Trinajstić information content (AvgIpc) is 2.76. The summed E-state index contributed by atoms with van der Waals surface area (Å²) in [7, 11) is 0. The average molecular weight is 287 g/mol. The highest BCUT2D eigenvalue weighted by atomic mass is 35.5. The van der Waals surface area contributed by atoms with Gasteiger partial charge >= 0.3 is 5.97 Å². The molecule has 0 aromatic heterocycles. The molecule has 0 fully saturated rings. The molecule has 3 nitrogen and oxygen atoms in total. The maximum Gasteiger partial charge on any atom is 0.339 e. The van der Waals surface area contributed by atoms with Gasteiger partial charge in [-0.2, -0.15) is 0 Å². The second kappa shape index (κ2) is 5.10. The van der Waals surface area contributed by atoms with Crippen LogP contribution >= 0.6 is 11.6 Å². The van der Waals surface area contributed by atoms with Gasteiger partial charge in [0, 0.05) is 11.1 Å². The molecule has 20 heavy (non-hydrogen) atoms. The van der Waals surface area contributed by atoms with E-state index >= 15 is 0 Å². The maximum absolute atomic E-state index is 12.3. The van der Waals surface area contributed by atoms with Crippen LogP contribution in [0.15, 0.2) is 48.5 Å². The summed E-state index contributed by atoms with van der Waals surface area (Å²) >= 11 is 6.00. The highest BCUT2D eigenvalue weighted by molar-refractivity contribution is 6.34. The molecule has 2 aromatic rings. The fourth-order valence-corrected chi connectivity index (χ4v) is 2.58. The van der Waals surface area contributed by atoms with Gasteiger partial charge in [0.15, 0.2) is 5.78 Å². The Morgan fingerprint density at radius 3 is 2.60 bits per heavy atom. The predicted octanol–water partition coefficient (Wildman–Crippen LogP) is 3.82. The second-order valence-electron chi connectivity index (χ2n) is 4.59. The SMILES string of the molecule is O=C(C[C@@H]1OC(=O)c2ccccc21)c1ccccc1Cl. The van der Waals surface area contributed by atoms with Gasteiger partial charge in [-0.25, -0.2) is 4.79 Å². The van der Waals surface area contributed by atoms with E-state index < -0.39 is 6.10 Å². The summed E-state index contributed by atoms with van der Waals surface area (Å²) in [6, 6.07) is 14.0. The first kappa shape index (κ1) is 12.9. The molecule has 0 bridgehead atoms. The molecule has 1 heterocycles. The van der Waals surface area contributed by atoms with Gasteiger partial charge in [0.2, 0.25) is 0 Å². The number of hydrogen-bond donors (Lipinski definition) is 0. The number of benzene rings is 2. The van der Waals surface area contributed by atoms with Crippen molar-refractivity contribution in [1.82, 2.24) is 0 Å². The lowest BCUT2D eigenvalue weighted by Gasteiger charge is -2.10. The third kappa shape index (κ3) is 2.21. The Kier molecular flexibility index (Phi) is 3.28. The summed E-state index contributed by atoms with van der Waals surface area (Å²) in [5.41, 5.74) is 1.75. The van der Waals surface area contributed by atoms with E-state index in [2.05, 4.69) is 0 Å². The van der Waals surface area contributed by atoms with Gasteiger partial charge in [0.1, 0.15) is 6.10 Å². The minimum atomic E-state index is -0.525. The molecular formula is C16H11ClO3.